The molecule has 3 heteroatoms. The van der Waals surface area contributed by atoms with Crippen LogP contribution in [0.3, 0.4) is 0 Å². The SMILES string of the molecule is O=S(=O)(c1cccc2ccccc12)c1cccc2ccccc12. The topological polar surface area (TPSA) is 34.1 Å². The summed E-state index contributed by atoms with van der Waals surface area (Å²) in [6, 6.07) is 25.9. The summed E-state index contributed by atoms with van der Waals surface area (Å²) in [6.45, 7) is 0. The highest BCUT2D eigenvalue weighted by Crippen LogP contribution is 2.32. The molecule has 0 N–H and O–H groups in total. The molecular formula is C20H14O2S. The first-order valence-electron chi connectivity index (χ1n) is 7.38. The van der Waals surface area contributed by atoms with E-state index in [0.717, 1.165) is 21.5 Å². The van der Waals surface area contributed by atoms with E-state index in [9.17, 15) is 8.42 Å². The van der Waals surface area contributed by atoms with E-state index in [0.29, 0.717) is 9.79 Å². The molecule has 0 spiro atoms. The lowest BCUT2D eigenvalue weighted by atomic mass is 10.1. The first-order chi connectivity index (χ1) is 11.2. The Balaban J connectivity index is 2.07. The lowest BCUT2D eigenvalue weighted by molar-refractivity contribution is 0.598. The maximum Gasteiger partial charge on any atom is 0.207 e. The molecule has 0 radical (unpaired) electrons. The molecule has 0 atom stereocenters. The molecule has 4 aromatic carbocycles. The van der Waals surface area contributed by atoms with Gasteiger partial charge in [0.1, 0.15) is 0 Å². The Hall–Kier alpha value is -2.65. The van der Waals surface area contributed by atoms with Crippen molar-refractivity contribution >= 4 is 31.4 Å². The summed E-state index contributed by atoms with van der Waals surface area (Å²) in [4.78, 5) is 0.707. The van der Waals surface area contributed by atoms with Crippen molar-refractivity contribution in [2.75, 3.05) is 0 Å². The molecule has 0 aliphatic carbocycles. The third-order valence-corrected chi connectivity index (χ3v) is 5.95. The number of sulfone groups is 1. The summed E-state index contributed by atoms with van der Waals surface area (Å²) < 4.78 is 26.5. The van der Waals surface area contributed by atoms with E-state index in [4.69, 9.17) is 0 Å². The second kappa shape index (κ2) is 5.21. The minimum atomic E-state index is -3.59. The van der Waals surface area contributed by atoms with Gasteiger partial charge in [-0.2, -0.15) is 0 Å². The maximum absolute atomic E-state index is 13.3. The van der Waals surface area contributed by atoms with E-state index in [2.05, 4.69) is 0 Å². The third kappa shape index (κ3) is 2.21. The van der Waals surface area contributed by atoms with Crippen molar-refractivity contribution < 1.29 is 8.42 Å². The summed E-state index contributed by atoms with van der Waals surface area (Å²) >= 11 is 0. The number of fused-ring (bicyclic) bond motifs is 2. The molecule has 0 saturated heterocycles. The Labute approximate surface area is 134 Å². The Kier molecular flexibility index (Phi) is 3.17. The van der Waals surface area contributed by atoms with Crippen LogP contribution in [0.15, 0.2) is 94.7 Å². The zero-order chi connectivity index (χ0) is 15.9. The summed E-state index contributed by atoms with van der Waals surface area (Å²) in [5.74, 6) is 0. The van der Waals surface area contributed by atoms with E-state index >= 15 is 0 Å². The van der Waals surface area contributed by atoms with Crippen molar-refractivity contribution in [2.24, 2.45) is 0 Å². The van der Waals surface area contributed by atoms with Crippen LogP contribution in [0.25, 0.3) is 21.5 Å². The lowest BCUT2D eigenvalue weighted by Gasteiger charge is -2.10. The highest BCUT2D eigenvalue weighted by molar-refractivity contribution is 7.92. The third-order valence-electron chi connectivity index (χ3n) is 4.08. The van der Waals surface area contributed by atoms with Gasteiger partial charge in [0.25, 0.3) is 0 Å². The Bertz CT molecular complexity index is 1030. The van der Waals surface area contributed by atoms with Gasteiger partial charge in [0.05, 0.1) is 9.79 Å². The number of hydrogen-bond acceptors (Lipinski definition) is 2. The van der Waals surface area contributed by atoms with Crippen LogP contribution in [0.2, 0.25) is 0 Å². The van der Waals surface area contributed by atoms with Crippen LogP contribution in [0.1, 0.15) is 0 Å². The van der Waals surface area contributed by atoms with Gasteiger partial charge in [-0.25, -0.2) is 8.42 Å². The summed E-state index contributed by atoms with van der Waals surface area (Å²) in [7, 11) is -3.59. The fraction of sp³-hybridized carbons (Fsp3) is 0. The molecule has 0 aliphatic rings. The van der Waals surface area contributed by atoms with Crippen LogP contribution in [0.4, 0.5) is 0 Å². The minimum Gasteiger partial charge on any atom is -0.218 e. The predicted molar refractivity (Wildman–Crippen MR) is 93.3 cm³/mol. The zero-order valence-corrected chi connectivity index (χ0v) is 13.1. The molecule has 4 aromatic rings. The van der Waals surface area contributed by atoms with E-state index in [1.807, 2.05) is 60.7 Å². The Morgan fingerprint density at radius 2 is 0.870 bits per heavy atom. The molecule has 0 amide bonds. The van der Waals surface area contributed by atoms with Crippen LogP contribution >= 0.6 is 0 Å². The highest BCUT2D eigenvalue weighted by atomic mass is 32.2. The second-order valence-corrected chi connectivity index (χ2v) is 7.34. The largest absolute Gasteiger partial charge is 0.218 e. The molecule has 2 nitrogen and oxygen atoms in total. The second-order valence-electron chi connectivity index (χ2n) is 5.46. The number of rotatable bonds is 2. The molecule has 4 rings (SSSR count). The predicted octanol–water partition coefficient (Wildman–Crippen LogP) is 4.83. The number of benzene rings is 4. The maximum atomic E-state index is 13.3. The van der Waals surface area contributed by atoms with Crippen molar-refractivity contribution in [1.29, 1.82) is 0 Å². The van der Waals surface area contributed by atoms with Crippen LogP contribution in [-0.4, -0.2) is 8.42 Å². The first-order valence-corrected chi connectivity index (χ1v) is 8.87. The molecular weight excluding hydrogens is 304 g/mol. The molecule has 0 bridgehead atoms. The van der Waals surface area contributed by atoms with E-state index in [1.165, 1.54) is 0 Å². The van der Waals surface area contributed by atoms with Crippen molar-refractivity contribution in [2.45, 2.75) is 9.79 Å². The van der Waals surface area contributed by atoms with Gasteiger partial charge in [0.2, 0.25) is 9.84 Å². The van der Waals surface area contributed by atoms with E-state index in [-0.39, 0.29) is 0 Å². The van der Waals surface area contributed by atoms with Gasteiger partial charge in [-0.3, -0.25) is 0 Å². The average molecular weight is 318 g/mol. The molecule has 0 fully saturated rings. The Morgan fingerprint density at radius 3 is 1.35 bits per heavy atom. The molecule has 23 heavy (non-hydrogen) atoms. The average Bonchev–Trinajstić information content (AvgIpc) is 2.60. The highest BCUT2D eigenvalue weighted by Gasteiger charge is 2.22. The van der Waals surface area contributed by atoms with Crippen molar-refractivity contribution in [3.8, 4) is 0 Å². The molecule has 0 heterocycles. The lowest BCUT2D eigenvalue weighted by Crippen LogP contribution is -2.03. The van der Waals surface area contributed by atoms with Gasteiger partial charge in [-0.05, 0) is 22.9 Å². The zero-order valence-electron chi connectivity index (χ0n) is 12.3. The molecule has 0 unspecified atom stereocenters. The minimum absolute atomic E-state index is 0.354. The molecule has 0 saturated carbocycles. The normalized spacial score (nSPS) is 11.8. The van der Waals surface area contributed by atoms with Gasteiger partial charge in [0.15, 0.2) is 0 Å². The quantitative estimate of drug-likeness (QED) is 0.531. The van der Waals surface area contributed by atoms with Crippen LogP contribution in [0.5, 0.6) is 0 Å². The molecule has 0 aliphatic heterocycles. The van der Waals surface area contributed by atoms with E-state index < -0.39 is 9.84 Å². The van der Waals surface area contributed by atoms with Crippen molar-refractivity contribution in [1.82, 2.24) is 0 Å². The van der Waals surface area contributed by atoms with Crippen LogP contribution in [-0.2, 0) is 9.84 Å². The van der Waals surface area contributed by atoms with Crippen molar-refractivity contribution in [3.63, 3.8) is 0 Å². The summed E-state index contributed by atoms with van der Waals surface area (Å²) in [5.41, 5.74) is 0. The number of hydrogen-bond donors (Lipinski definition) is 0. The first kappa shape index (κ1) is 14.0. The van der Waals surface area contributed by atoms with Gasteiger partial charge < -0.3 is 0 Å². The summed E-state index contributed by atoms with van der Waals surface area (Å²) in [6.07, 6.45) is 0. The fourth-order valence-electron chi connectivity index (χ4n) is 2.98. The van der Waals surface area contributed by atoms with Crippen molar-refractivity contribution in [3.05, 3.63) is 84.9 Å². The van der Waals surface area contributed by atoms with Gasteiger partial charge in [0, 0.05) is 10.8 Å². The van der Waals surface area contributed by atoms with Crippen LogP contribution < -0.4 is 0 Å². The molecule has 112 valence electrons. The van der Waals surface area contributed by atoms with Gasteiger partial charge in [-0.15, -0.1) is 0 Å². The molecule has 0 aromatic heterocycles. The monoisotopic (exact) mass is 318 g/mol. The van der Waals surface area contributed by atoms with Gasteiger partial charge in [-0.1, -0.05) is 72.8 Å². The Morgan fingerprint density at radius 1 is 0.478 bits per heavy atom. The van der Waals surface area contributed by atoms with Crippen LogP contribution in [0, 0.1) is 0 Å². The smallest absolute Gasteiger partial charge is 0.207 e. The van der Waals surface area contributed by atoms with Gasteiger partial charge >= 0.3 is 0 Å². The summed E-state index contributed by atoms with van der Waals surface area (Å²) in [5, 5.41) is 3.36. The standard InChI is InChI=1S/C20H14O2S/c21-23(22,19-13-5-9-15-7-1-3-11-17(15)19)20-14-6-10-16-8-2-4-12-18(16)20/h1-14H. The van der Waals surface area contributed by atoms with E-state index in [1.54, 1.807) is 24.3 Å². The fourth-order valence-corrected chi connectivity index (χ4v) is 4.68.